The van der Waals surface area contributed by atoms with Gasteiger partial charge in [0.2, 0.25) is 5.91 Å². The number of nitrogens with one attached hydrogen (secondary N) is 1. The van der Waals surface area contributed by atoms with E-state index in [1.165, 1.54) is 0 Å². The van der Waals surface area contributed by atoms with Crippen LogP contribution in [-0.2, 0) is 4.79 Å². The first-order valence-electron chi connectivity index (χ1n) is 5.58. The SMILES string of the molecule is NNC(=O)CSCCCCOc1ccccc1. The molecular formula is C12H18N2O2S. The van der Waals surface area contributed by atoms with Crippen LogP contribution in [0, 0.1) is 0 Å². The molecular weight excluding hydrogens is 236 g/mol. The monoisotopic (exact) mass is 254 g/mol. The van der Waals surface area contributed by atoms with Gasteiger partial charge in [-0.05, 0) is 30.7 Å². The van der Waals surface area contributed by atoms with E-state index in [1.54, 1.807) is 11.8 Å². The second kappa shape index (κ2) is 8.90. The van der Waals surface area contributed by atoms with Gasteiger partial charge in [-0.25, -0.2) is 5.84 Å². The van der Waals surface area contributed by atoms with Gasteiger partial charge >= 0.3 is 0 Å². The Bertz CT molecular complexity index is 320. The van der Waals surface area contributed by atoms with Gasteiger partial charge in [0.25, 0.3) is 0 Å². The Hall–Kier alpha value is -1.20. The number of hydrogen-bond donors (Lipinski definition) is 2. The minimum absolute atomic E-state index is 0.129. The number of thioether (sulfide) groups is 1. The number of unbranched alkanes of at least 4 members (excludes halogenated alkanes) is 1. The van der Waals surface area contributed by atoms with Crippen LogP contribution in [0.4, 0.5) is 0 Å². The van der Waals surface area contributed by atoms with Crippen molar-refractivity contribution >= 4 is 17.7 Å². The van der Waals surface area contributed by atoms with Crippen LogP contribution in [-0.4, -0.2) is 24.0 Å². The van der Waals surface area contributed by atoms with Gasteiger partial charge in [0.1, 0.15) is 5.75 Å². The number of carbonyl (C=O) groups excluding carboxylic acids is 1. The predicted octanol–water partition coefficient (Wildman–Crippen LogP) is 1.57. The first-order chi connectivity index (χ1) is 8.33. The summed E-state index contributed by atoms with van der Waals surface area (Å²) in [6.07, 6.45) is 2.03. The maximum Gasteiger partial charge on any atom is 0.243 e. The van der Waals surface area contributed by atoms with Crippen LogP contribution >= 0.6 is 11.8 Å². The molecule has 3 N–H and O–H groups in total. The highest BCUT2D eigenvalue weighted by Gasteiger charge is 1.98. The van der Waals surface area contributed by atoms with E-state index in [4.69, 9.17) is 10.6 Å². The van der Waals surface area contributed by atoms with Crippen molar-refractivity contribution in [1.82, 2.24) is 5.43 Å². The van der Waals surface area contributed by atoms with E-state index >= 15 is 0 Å². The first-order valence-corrected chi connectivity index (χ1v) is 6.73. The number of amides is 1. The molecule has 17 heavy (non-hydrogen) atoms. The lowest BCUT2D eigenvalue weighted by atomic mass is 10.3. The van der Waals surface area contributed by atoms with Crippen molar-refractivity contribution in [1.29, 1.82) is 0 Å². The molecule has 0 spiro atoms. The molecule has 1 aromatic rings. The van der Waals surface area contributed by atoms with Crippen LogP contribution in [0.25, 0.3) is 0 Å². The third kappa shape index (κ3) is 6.86. The van der Waals surface area contributed by atoms with Gasteiger partial charge in [0.15, 0.2) is 0 Å². The van der Waals surface area contributed by atoms with Gasteiger partial charge in [0.05, 0.1) is 12.4 Å². The molecule has 0 unspecified atom stereocenters. The number of rotatable bonds is 8. The summed E-state index contributed by atoms with van der Waals surface area (Å²) in [6.45, 7) is 0.716. The lowest BCUT2D eigenvalue weighted by Gasteiger charge is -2.05. The molecule has 0 aromatic heterocycles. The third-order valence-corrected chi connectivity index (χ3v) is 3.13. The van der Waals surface area contributed by atoms with Crippen molar-refractivity contribution in [2.75, 3.05) is 18.1 Å². The topological polar surface area (TPSA) is 64.3 Å². The fourth-order valence-electron chi connectivity index (χ4n) is 1.22. The molecule has 1 rings (SSSR count). The van der Waals surface area contributed by atoms with Gasteiger partial charge in [-0.15, -0.1) is 0 Å². The lowest BCUT2D eigenvalue weighted by molar-refractivity contribution is -0.118. The highest BCUT2D eigenvalue weighted by atomic mass is 32.2. The van der Waals surface area contributed by atoms with E-state index < -0.39 is 0 Å². The van der Waals surface area contributed by atoms with Crippen molar-refractivity contribution in [2.45, 2.75) is 12.8 Å². The second-order valence-electron chi connectivity index (χ2n) is 3.49. The quantitative estimate of drug-likeness (QED) is 0.320. The molecule has 94 valence electrons. The summed E-state index contributed by atoms with van der Waals surface area (Å²) in [7, 11) is 0. The van der Waals surface area contributed by atoms with E-state index in [2.05, 4.69) is 5.43 Å². The van der Waals surface area contributed by atoms with Gasteiger partial charge in [0, 0.05) is 0 Å². The van der Waals surface area contributed by atoms with Gasteiger partial charge < -0.3 is 4.74 Å². The number of hydrazine groups is 1. The highest BCUT2D eigenvalue weighted by molar-refractivity contribution is 7.99. The summed E-state index contributed by atoms with van der Waals surface area (Å²) in [5.41, 5.74) is 2.10. The van der Waals surface area contributed by atoms with E-state index in [0.29, 0.717) is 12.4 Å². The number of hydrogen-bond acceptors (Lipinski definition) is 4. The zero-order valence-electron chi connectivity index (χ0n) is 9.72. The molecule has 0 saturated heterocycles. The average Bonchev–Trinajstić information content (AvgIpc) is 2.38. The first kappa shape index (κ1) is 13.9. The standard InChI is InChI=1S/C12H18N2O2S/c13-14-12(15)10-17-9-5-4-8-16-11-6-2-1-3-7-11/h1-3,6-7H,4-5,8-10,13H2,(H,14,15). The Morgan fingerprint density at radius 2 is 2.06 bits per heavy atom. The number of ether oxygens (including phenoxy) is 1. The third-order valence-electron chi connectivity index (χ3n) is 2.09. The van der Waals surface area contributed by atoms with Crippen LogP contribution < -0.4 is 16.0 Å². The highest BCUT2D eigenvalue weighted by Crippen LogP contribution is 2.10. The molecule has 0 aliphatic rings. The van der Waals surface area contributed by atoms with Crippen LogP contribution in [0.5, 0.6) is 5.75 Å². The lowest BCUT2D eigenvalue weighted by Crippen LogP contribution is -2.31. The van der Waals surface area contributed by atoms with Crippen molar-refractivity contribution in [3.8, 4) is 5.75 Å². The summed E-state index contributed by atoms with van der Waals surface area (Å²) in [5, 5.41) is 0. The van der Waals surface area contributed by atoms with E-state index in [0.717, 1.165) is 24.3 Å². The van der Waals surface area contributed by atoms with Crippen molar-refractivity contribution in [3.63, 3.8) is 0 Å². The molecule has 0 aliphatic heterocycles. The number of nitrogens with two attached hydrogens (primary N) is 1. The average molecular weight is 254 g/mol. The summed E-state index contributed by atoms with van der Waals surface area (Å²) in [4.78, 5) is 10.8. The molecule has 0 saturated carbocycles. The Kier molecular flexibility index (Phi) is 7.25. The fraction of sp³-hybridized carbons (Fsp3) is 0.417. The Morgan fingerprint density at radius 3 is 2.76 bits per heavy atom. The maximum absolute atomic E-state index is 10.8. The van der Waals surface area contributed by atoms with Crippen molar-refractivity contribution in [3.05, 3.63) is 30.3 Å². The molecule has 5 heteroatoms. The number of para-hydroxylation sites is 1. The minimum atomic E-state index is -0.129. The largest absolute Gasteiger partial charge is 0.494 e. The molecule has 0 heterocycles. The maximum atomic E-state index is 10.8. The molecule has 0 atom stereocenters. The molecule has 0 bridgehead atoms. The fourth-order valence-corrected chi connectivity index (χ4v) is 2.04. The van der Waals surface area contributed by atoms with Gasteiger partial charge in [-0.3, -0.25) is 10.2 Å². The molecule has 1 amide bonds. The molecule has 4 nitrogen and oxygen atoms in total. The van der Waals surface area contributed by atoms with Crippen LogP contribution in [0.2, 0.25) is 0 Å². The van der Waals surface area contributed by atoms with Crippen molar-refractivity contribution < 1.29 is 9.53 Å². The molecule has 0 fully saturated rings. The van der Waals surface area contributed by atoms with Gasteiger partial charge in [-0.2, -0.15) is 11.8 Å². The summed E-state index contributed by atoms with van der Waals surface area (Å²) in [6, 6.07) is 9.76. The Morgan fingerprint density at radius 1 is 1.29 bits per heavy atom. The molecule has 0 aliphatic carbocycles. The predicted molar refractivity (Wildman–Crippen MR) is 70.8 cm³/mol. The number of carbonyl (C=O) groups is 1. The van der Waals surface area contributed by atoms with Crippen LogP contribution in [0.15, 0.2) is 30.3 Å². The van der Waals surface area contributed by atoms with Crippen LogP contribution in [0.3, 0.4) is 0 Å². The van der Waals surface area contributed by atoms with E-state index in [9.17, 15) is 4.79 Å². The zero-order chi connectivity index (χ0) is 12.3. The Balaban J connectivity index is 1.93. The second-order valence-corrected chi connectivity index (χ2v) is 4.59. The normalized spacial score (nSPS) is 9.94. The number of benzene rings is 1. The van der Waals surface area contributed by atoms with Gasteiger partial charge in [-0.1, -0.05) is 18.2 Å². The van der Waals surface area contributed by atoms with Crippen LogP contribution in [0.1, 0.15) is 12.8 Å². The summed E-state index contributed by atoms with van der Waals surface area (Å²) in [5.74, 6) is 7.12. The van der Waals surface area contributed by atoms with E-state index in [-0.39, 0.29) is 5.91 Å². The summed E-state index contributed by atoms with van der Waals surface area (Å²) >= 11 is 1.58. The molecule has 0 radical (unpaired) electrons. The summed E-state index contributed by atoms with van der Waals surface area (Å²) < 4.78 is 5.55. The minimum Gasteiger partial charge on any atom is -0.494 e. The smallest absolute Gasteiger partial charge is 0.243 e. The van der Waals surface area contributed by atoms with Crippen molar-refractivity contribution in [2.24, 2.45) is 5.84 Å². The zero-order valence-corrected chi connectivity index (χ0v) is 10.5. The molecule has 1 aromatic carbocycles. The Labute approximate surface area is 106 Å². The van der Waals surface area contributed by atoms with E-state index in [1.807, 2.05) is 30.3 Å².